The summed E-state index contributed by atoms with van der Waals surface area (Å²) >= 11 is 5.24. The highest BCUT2D eigenvalue weighted by Crippen LogP contribution is 2.30. The Morgan fingerprint density at radius 1 is 1.05 bits per heavy atom. The summed E-state index contributed by atoms with van der Waals surface area (Å²) in [4.78, 5) is 11.7. The van der Waals surface area contributed by atoms with Crippen LogP contribution in [0, 0.1) is 29.1 Å². The van der Waals surface area contributed by atoms with E-state index < -0.39 is 53.3 Å². The lowest BCUT2D eigenvalue weighted by molar-refractivity contribution is -0.117. The number of benzene rings is 1. The lowest BCUT2D eigenvalue weighted by Gasteiger charge is -2.23. The molecule has 0 fully saturated rings. The molecule has 0 radical (unpaired) electrons. The van der Waals surface area contributed by atoms with Gasteiger partial charge in [-0.15, -0.1) is 11.6 Å². The van der Waals surface area contributed by atoms with Gasteiger partial charge >= 0.3 is 0 Å². The zero-order chi connectivity index (χ0) is 15.4. The van der Waals surface area contributed by atoms with Crippen molar-refractivity contribution in [3.8, 4) is 0 Å². The van der Waals surface area contributed by atoms with Crippen molar-refractivity contribution < 1.29 is 31.5 Å². The summed E-state index contributed by atoms with van der Waals surface area (Å²) < 4.78 is 71.0. The van der Waals surface area contributed by atoms with E-state index in [9.17, 15) is 26.7 Å². The van der Waals surface area contributed by atoms with E-state index in [0.29, 0.717) is 0 Å². The summed E-state index contributed by atoms with van der Waals surface area (Å²) in [6, 6.07) is 0. The van der Waals surface area contributed by atoms with Gasteiger partial charge in [0.25, 0.3) is 0 Å². The van der Waals surface area contributed by atoms with Crippen molar-refractivity contribution >= 4 is 23.2 Å². The molecule has 1 aromatic rings. The third-order valence-corrected chi connectivity index (χ3v) is 2.53. The Labute approximate surface area is 115 Å². The van der Waals surface area contributed by atoms with Gasteiger partial charge in [0, 0.05) is 6.61 Å². The van der Waals surface area contributed by atoms with Gasteiger partial charge in [0.05, 0.1) is 0 Å². The number of ether oxygens (including phenoxy) is 1. The number of nitrogens with zero attached hydrogens (tertiary/aromatic N) is 1. The molecule has 0 atom stereocenters. The van der Waals surface area contributed by atoms with Crippen molar-refractivity contribution in [3.05, 3.63) is 29.1 Å². The number of rotatable bonds is 5. The molecule has 9 heteroatoms. The van der Waals surface area contributed by atoms with Gasteiger partial charge in [0.15, 0.2) is 23.3 Å². The summed E-state index contributed by atoms with van der Waals surface area (Å²) in [6.07, 6.45) is 0. The van der Waals surface area contributed by atoms with Crippen LogP contribution in [-0.2, 0) is 9.53 Å². The van der Waals surface area contributed by atoms with Crippen LogP contribution in [0.1, 0.15) is 6.92 Å². The number of halogens is 6. The maximum Gasteiger partial charge on any atom is 0.243 e. The largest absolute Gasteiger partial charge is 0.361 e. The molecule has 3 nitrogen and oxygen atoms in total. The monoisotopic (exact) mass is 317 g/mol. The molecule has 0 aliphatic rings. The standard InChI is InChI=1S/C11H9ClF5NO2/c1-2-20-4-18(5(19)3-12)11-9(16)7(14)6(13)8(15)10(11)17/h2-4H2,1H3. The van der Waals surface area contributed by atoms with Crippen molar-refractivity contribution in [1.29, 1.82) is 0 Å². The van der Waals surface area contributed by atoms with Crippen LogP contribution in [-0.4, -0.2) is 25.1 Å². The smallest absolute Gasteiger partial charge is 0.243 e. The van der Waals surface area contributed by atoms with Crippen LogP contribution in [0.15, 0.2) is 0 Å². The first kappa shape index (κ1) is 16.6. The van der Waals surface area contributed by atoms with E-state index in [4.69, 9.17) is 16.3 Å². The Balaban J connectivity index is 3.43. The van der Waals surface area contributed by atoms with Crippen LogP contribution in [0.3, 0.4) is 0 Å². The summed E-state index contributed by atoms with van der Waals surface area (Å²) in [5.74, 6) is -12.6. The Morgan fingerprint density at radius 3 is 1.90 bits per heavy atom. The Morgan fingerprint density at radius 2 is 1.50 bits per heavy atom. The van der Waals surface area contributed by atoms with Gasteiger partial charge in [0.2, 0.25) is 11.7 Å². The number of amides is 1. The predicted octanol–water partition coefficient (Wildman–Crippen LogP) is 2.95. The molecule has 0 aliphatic heterocycles. The van der Waals surface area contributed by atoms with Crippen LogP contribution < -0.4 is 4.90 Å². The van der Waals surface area contributed by atoms with E-state index in [1.807, 2.05) is 0 Å². The minimum atomic E-state index is -2.31. The van der Waals surface area contributed by atoms with E-state index in [-0.39, 0.29) is 11.5 Å². The number of carbonyl (C=O) groups excluding carboxylic acids is 1. The van der Waals surface area contributed by atoms with Gasteiger partial charge in [-0.2, -0.15) is 0 Å². The Kier molecular flexibility index (Phi) is 5.70. The molecule has 0 bridgehead atoms. The molecule has 0 aromatic heterocycles. The number of alkyl halides is 1. The molecule has 20 heavy (non-hydrogen) atoms. The van der Waals surface area contributed by atoms with Crippen LogP contribution >= 0.6 is 11.6 Å². The topological polar surface area (TPSA) is 29.5 Å². The van der Waals surface area contributed by atoms with Crippen LogP contribution in [0.2, 0.25) is 0 Å². The van der Waals surface area contributed by atoms with Gasteiger partial charge < -0.3 is 4.74 Å². The molecule has 0 unspecified atom stereocenters. The maximum atomic E-state index is 13.6. The highest BCUT2D eigenvalue weighted by Gasteiger charge is 2.31. The highest BCUT2D eigenvalue weighted by atomic mass is 35.5. The molecule has 0 heterocycles. The number of hydrogen-bond donors (Lipinski definition) is 0. The first-order valence-electron chi connectivity index (χ1n) is 5.32. The molecule has 1 amide bonds. The van der Waals surface area contributed by atoms with Crippen molar-refractivity contribution in [2.45, 2.75) is 6.92 Å². The van der Waals surface area contributed by atoms with Gasteiger partial charge in [-0.3, -0.25) is 9.69 Å². The second kappa shape index (κ2) is 6.85. The van der Waals surface area contributed by atoms with E-state index in [2.05, 4.69) is 0 Å². The molecule has 0 N–H and O–H groups in total. The van der Waals surface area contributed by atoms with Gasteiger partial charge in [-0.05, 0) is 6.92 Å². The molecule has 1 aromatic carbocycles. The lowest BCUT2D eigenvalue weighted by atomic mass is 10.2. The third-order valence-electron chi connectivity index (χ3n) is 2.30. The van der Waals surface area contributed by atoms with E-state index in [0.717, 1.165) is 0 Å². The summed E-state index contributed by atoms with van der Waals surface area (Å²) in [5, 5.41) is 0. The normalized spacial score (nSPS) is 10.8. The predicted molar refractivity (Wildman–Crippen MR) is 60.9 cm³/mol. The average molecular weight is 318 g/mol. The van der Waals surface area contributed by atoms with Gasteiger partial charge in [0.1, 0.15) is 18.3 Å². The van der Waals surface area contributed by atoms with Crippen molar-refractivity contribution in [2.75, 3.05) is 24.1 Å². The number of anilines is 1. The zero-order valence-corrected chi connectivity index (χ0v) is 10.9. The van der Waals surface area contributed by atoms with E-state index in [1.165, 1.54) is 6.92 Å². The van der Waals surface area contributed by atoms with Gasteiger partial charge in [-0.1, -0.05) is 0 Å². The Hall–Kier alpha value is -1.41. The molecule has 0 aliphatic carbocycles. The summed E-state index contributed by atoms with van der Waals surface area (Å²) in [6.45, 7) is 0.879. The molecule has 0 saturated heterocycles. The quantitative estimate of drug-likeness (QED) is 0.275. The van der Waals surface area contributed by atoms with Crippen LogP contribution in [0.5, 0.6) is 0 Å². The fourth-order valence-electron chi connectivity index (χ4n) is 1.35. The van der Waals surface area contributed by atoms with Crippen molar-refractivity contribution in [3.63, 3.8) is 0 Å². The SMILES string of the molecule is CCOCN(C(=O)CCl)c1c(F)c(F)c(F)c(F)c1F. The lowest BCUT2D eigenvalue weighted by Crippen LogP contribution is -2.36. The van der Waals surface area contributed by atoms with E-state index in [1.54, 1.807) is 0 Å². The second-order valence-corrected chi connectivity index (χ2v) is 3.76. The Bertz CT molecular complexity index is 497. The summed E-state index contributed by atoms with van der Waals surface area (Å²) in [5.41, 5.74) is -1.39. The minimum Gasteiger partial charge on any atom is -0.361 e. The van der Waals surface area contributed by atoms with Crippen molar-refractivity contribution in [2.24, 2.45) is 0 Å². The number of carbonyl (C=O) groups is 1. The fourth-order valence-corrected chi connectivity index (χ4v) is 1.49. The maximum absolute atomic E-state index is 13.6. The second-order valence-electron chi connectivity index (χ2n) is 3.50. The molecular weight excluding hydrogens is 309 g/mol. The third kappa shape index (κ3) is 3.01. The average Bonchev–Trinajstić information content (AvgIpc) is 2.45. The van der Waals surface area contributed by atoms with Crippen LogP contribution in [0.25, 0.3) is 0 Å². The molecule has 0 spiro atoms. The highest BCUT2D eigenvalue weighted by molar-refractivity contribution is 6.29. The fraction of sp³-hybridized carbons (Fsp3) is 0.364. The first-order valence-corrected chi connectivity index (χ1v) is 5.85. The molecular formula is C11H9ClF5NO2. The molecule has 1 rings (SSSR count). The first-order chi connectivity index (χ1) is 9.36. The van der Waals surface area contributed by atoms with Crippen LogP contribution in [0.4, 0.5) is 27.6 Å². The molecule has 0 saturated carbocycles. The van der Waals surface area contributed by atoms with Crippen molar-refractivity contribution in [1.82, 2.24) is 0 Å². The zero-order valence-electron chi connectivity index (χ0n) is 10.2. The van der Waals surface area contributed by atoms with Gasteiger partial charge in [-0.25, -0.2) is 22.0 Å². The van der Waals surface area contributed by atoms with E-state index >= 15 is 0 Å². The minimum absolute atomic E-state index is 0.0570. The summed E-state index contributed by atoms with van der Waals surface area (Å²) in [7, 11) is 0. The number of hydrogen-bond acceptors (Lipinski definition) is 2. The molecule has 112 valence electrons.